The number of ether oxygens (including phenoxy) is 2. The number of hydrogen-bond donors (Lipinski definition) is 4. The smallest absolute Gasteiger partial charge is 0.258 e. The fourth-order valence-corrected chi connectivity index (χ4v) is 6.56. The fraction of sp³-hybridized carbons (Fsp3) is 0.217. The number of carbonyl (C=O) groups is 6. The minimum absolute atomic E-state index is 0.0135. The van der Waals surface area contributed by atoms with E-state index in [1.165, 1.54) is 48.5 Å². The van der Waals surface area contributed by atoms with Gasteiger partial charge in [-0.2, -0.15) is 20.5 Å². The number of carbonyl (C=O) groups excluding carboxylic acids is 6. The number of ketones is 2. The van der Waals surface area contributed by atoms with Crippen LogP contribution in [0.1, 0.15) is 59.5 Å². The van der Waals surface area contributed by atoms with Crippen LogP contribution in [0.5, 0.6) is 11.5 Å². The van der Waals surface area contributed by atoms with Crippen LogP contribution in [0.2, 0.25) is 10.0 Å². The van der Waals surface area contributed by atoms with Crippen molar-refractivity contribution in [3.8, 4) is 11.5 Å². The second-order valence-electron chi connectivity index (χ2n) is 14.1. The Kier molecular flexibility index (Phi) is 18.3. The van der Waals surface area contributed by atoms with E-state index in [-0.39, 0.29) is 80.4 Å². The van der Waals surface area contributed by atoms with Crippen molar-refractivity contribution in [3.63, 3.8) is 0 Å². The highest BCUT2D eigenvalue weighted by atomic mass is 35.5. The Labute approximate surface area is 399 Å². The first-order valence-corrected chi connectivity index (χ1v) is 21.9. The maximum absolute atomic E-state index is 13.7. The van der Waals surface area contributed by atoms with Gasteiger partial charge in [0.25, 0.3) is 23.6 Å². The van der Waals surface area contributed by atoms with Gasteiger partial charge in [-0.15, -0.1) is 23.2 Å². The highest BCUT2D eigenvalue weighted by Gasteiger charge is 2.28. The SMILES string of the molecule is CCOc1cc(NC(=O)C(N=Nc2cc(C(=O)Nc3cccc(CCl)c3)ccc2Cl)C(C)=O)c(OCC)cc1NC(=O)C(N=Nc1cc(C(=O)Nc2cccc(CCl)c2)ccc1Cl)C(C)=O. The number of halogens is 4. The average molecular weight is 977 g/mol. The van der Waals surface area contributed by atoms with Gasteiger partial charge in [0.2, 0.25) is 12.1 Å². The molecule has 0 saturated heterocycles. The van der Waals surface area contributed by atoms with E-state index >= 15 is 0 Å². The number of alkyl halides is 2. The Balaban J connectivity index is 1.34. The van der Waals surface area contributed by atoms with E-state index in [4.69, 9.17) is 55.9 Å². The number of hydrogen-bond acceptors (Lipinski definition) is 12. The van der Waals surface area contributed by atoms with Crippen LogP contribution in [-0.2, 0) is 30.9 Å². The van der Waals surface area contributed by atoms with Gasteiger partial charge in [0.1, 0.15) is 22.9 Å². The summed E-state index contributed by atoms with van der Waals surface area (Å²) < 4.78 is 11.6. The molecule has 2 unspecified atom stereocenters. The average Bonchev–Trinajstić information content (AvgIpc) is 3.28. The zero-order chi connectivity index (χ0) is 47.9. The lowest BCUT2D eigenvalue weighted by molar-refractivity contribution is -0.127. The van der Waals surface area contributed by atoms with Crippen molar-refractivity contribution in [3.05, 3.63) is 129 Å². The van der Waals surface area contributed by atoms with Crippen LogP contribution in [0.15, 0.2) is 118 Å². The Morgan fingerprint density at radius 2 is 0.939 bits per heavy atom. The first-order valence-electron chi connectivity index (χ1n) is 20.0. The third-order valence-corrected chi connectivity index (χ3v) is 10.4. The molecule has 0 aliphatic rings. The second kappa shape index (κ2) is 24.0. The number of benzene rings is 5. The van der Waals surface area contributed by atoms with Crippen LogP contribution in [0.4, 0.5) is 34.1 Å². The van der Waals surface area contributed by atoms with Gasteiger partial charge < -0.3 is 30.7 Å². The lowest BCUT2D eigenvalue weighted by Gasteiger charge is -2.19. The summed E-state index contributed by atoms with van der Waals surface area (Å²) in [5.74, 6) is -3.54. The fourth-order valence-electron chi connectivity index (χ4n) is 5.92. The quantitative estimate of drug-likeness (QED) is 0.0333. The van der Waals surface area contributed by atoms with Gasteiger partial charge in [-0.05, 0) is 99.5 Å². The van der Waals surface area contributed by atoms with Crippen LogP contribution in [0.3, 0.4) is 0 Å². The standard InChI is InChI=1S/C46H42Cl4N8O8/c1-5-65-39-21-38(54-46(64)42(26(4)60)58-56-36-20-30(14-16-34(36)50)44(62)52-32-12-8-10-28(18-32)24-48)40(66-6-2)22-37(39)53-45(63)41(25(3)59)57-55-35-19-29(13-15-33(35)49)43(61)51-31-11-7-9-27(17-31)23-47/h7-22,41-42H,5-6,23-24H2,1-4H3,(H,51,61)(H,52,62)(H,53,63)(H,54,64). The molecule has 342 valence electrons. The van der Waals surface area contributed by atoms with Gasteiger partial charge in [0.05, 0.1) is 34.6 Å². The Morgan fingerprint density at radius 1 is 0.545 bits per heavy atom. The van der Waals surface area contributed by atoms with Crippen LogP contribution < -0.4 is 30.7 Å². The third-order valence-electron chi connectivity index (χ3n) is 9.12. The molecule has 4 amide bonds. The lowest BCUT2D eigenvalue weighted by atomic mass is 10.1. The summed E-state index contributed by atoms with van der Waals surface area (Å²) in [5, 5.41) is 27.1. The van der Waals surface area contributed by atoms with Gasteiger partial charge in [-0.1, -0.05) is 47.5 Å². The molecule has 0 aliphatic carbocycles. The van der Waals surface area contributed by atoms with E-state index in [1.54, 1.807) is 50.2 Å². The molecule has 5 aromatic rings. The van der Waals surface area contributed by atoms with Crippen LogP contribution in [0, 0.1) is 0 Å². The van der Waals surface area contributed by atoms with Crippen molar-refractivity contribution in [2.45, 2.75) is 51.5 Å². The molecular weight excluding hydrogens is 934 g/mol. The number of rotatable bonds is 20. The van der Waals surface area contributed by atoms with Gasteiger partial charge in [-0.25, -0.2) is 0 Å². The van der Waals surface area contributed by atoms with Gasteiger partial charge in [-0.3, -0.25) is 28.8 Å². The van der Waals surface area contributed by atoms with E-state index in [1.807, 2.05) is 12.1 Å². The molecule has 20 heteroatoms. The number of Topliss-reactive ketones (excluding diaryl/α,β-unsaturated/α-hetero) is 2. The molecule has 0 aromatic heterocycles. The molecule has 66 heavy (non-hydrogen) atoms. The predicted octanol–water partition coefficient (Wildman–Crippen LogP) is 11.1. The van der Waals surface area contributed by atoms with Crippen LogP contribution in [-0.4, -0.2) is 60.5 Å². The molecule has 0 aliphatic heterocycles. The lowest BCUT2D eigenvalue weighted by Crippen LogP contribution is -2.32. The molecule has 0 bridgehead atoms. The van der Waals surface area contributed by atoms with Crippen LogP contribution in [0.25, 0.3) is 0 Å². The zero-order valence-electron chi connectivity index (χ0n) is 35.8. The molecular formula is C46H42Cl4N8O8. The molecule has 4 N–H and O–H groups in total. The number of azo groups is 2. The van der Waals surface area contributed by atoms with Crippen molar-refractivity contribution in [2.75, 3.05) is 34.5 Å². The number of anilines is 4. The summed E-state index contributed by atoms with van der Waals surface area (Å²) in [7, 11) is 0. The normalized spacial score (nSPS) is 12.0. The van der Waals surface area contributed by atoms with Gasteiger partial charge in [0.15, 0.2) is 11.6 Å². The Morgan fingerprint density at radius 3 is 1.29 bits per heavy atom. The van der Waals surface area contributed by atoms with E-state index < -0.39 is 47.3 Å². The van der Waals surface area contributed by atoms with Crippen molar-refractivity contribution < 1.29 is 38.2 Å². The summed E-state index contributed by atoms with van der Waals surface area (Å²) in [4.78, 5) is 79.0. The van der Waals surface area contributed by atoms with Gasteiger partial charge in [0, 0.05) is 46.4 Å². The predicted molar refractivity (Wildman–Crippen MR) is 255 cm³/mol. The largest absolute Gasteiger partial charge is 0.492 e. The summed E-state index contributed by atoms with van der Waals surface area (Å²) in [6.45, 7) is 5.84. The summed E-state index contributed by atoms with van der Waals surface area (Å²) in [5.41, 5.74) is 3.08. The molecule has 0 radical (unpaired) electrons. The topological polar surface area (TPSA) is 218 Å². The number of nitrogens with one attached hydrogen (secondary N) is 4. The summed E-state index contributed by atoms with van der Waals surface area (Å²) in [6, 6.07) is 21.8. The van der Waals surface area contributed by atoms with E-state index in [0.29, 0.717) is 11.4 Å². The Hall–Kier alpha value is -6.72. The number of nitrogens with zero attached hydrogens (tertiary/aromatic N) is 4. The summed E-state index contributed by atoms with van der Waals surface area (Å²) in [6.07, 6.45) is 0. The maximum atomic E-state index is 13.7. The Bertz CT molecular complexity index is 2530. The molecule has 5 aromatic carbocycles. The maximum Gasteiger partial charge on any atom is 0.258 e. The first-order chi connectivity index (χ1) is 31.6. The molecule has 16 nitrogen and oxygen atoms in total. The van der Waals surface area contributed by atoms with E-state index in [2.05, 4.69) is 41.7 Å². The highest BCUT2D eigenvalue weighted by molar-refractivity contribution is 6.33. The molecule has 0 saturated carbocycles. The van der Waals surface area contributed by atoms with Gasteiger partial charge >= 0.3 is 0 Å². The van der Waals surface area contributed by atoms with Crippen molar-refractivity contribution >= 4 is 116 Å². The molecule has 0 heterocycles. The molecule has 5 rings (SSSR count). The van der Waals surface area contributed by atoms with E-state index in [9.17, 15) is 28.8 Å². The first kappa shape index (κ1) is 50.3. The minimum atomic E-state index is -1.68. The van der Waals surface area contributed by atoms with Crippen molar-refractivity contribution in [1.29, 1.82) is 0 Å². The highest BCUT2D eigenvalue weighted by Crippen LogP contribution is 2.38. The second-order valence-corrected chi connectivity index (χ2v) is 15.4. The molecule has 0 spiro atoms. The van der Waals surface area contributed by atoms with Crippen LogP contribution >= 0.6 is 46.4 Å². The van der Waals surface area contributed by atoms with Crippen molar-refractivity contribution in [1.82, 2.24) is 0 Å². The number of amides is 4. The summed E-state index contributed by atoms with van der Waals surface area (Å²) >= 11 is 24.6. The molecule has 2 atom stereocenters. The zero-order valence-corrected chi connectivity index (χ0v) is 38.8. The third kappa shape index (κ3) is 13.7. The van der Waals surface area contributed by atoms with E-state index in [0.717, 1.165) is 25.0 Å². The van der Waals surface area contributed by atoms with Crippen molar-refractivity contribution in [2.24, 2.45) is 20.5 Å². The minimum Gasteiger partial charge on any atom is -0.492 e. The molecule has 0 fully saturated rings. The monoisotopic (exact) mass is 974 g/mol.